The van der Waals surface area contributed by atoms with E-state index in [4.69, 9.17) is 0 Å². The van der Waals surface area contributed by atoms with Gasteiger partial charge in [0.1, 0.15) is 0 Å². The van der Waals surface area contributed by atoms with Gasteiger partial charge in [-0.25, -0.2) is 0 Å². The Hall–Kier alpha value is -1.57. The fourth-order valence-electron chi connectivity index (χ4n) is 1.52. The zero-order chi connectivity index (χ0) is 11.8. The van der Waals surface area contributed by atoms with E-state index < -0.39 is 0 Å². The first-order valence-electron chi connectivity index (χ1n) is 5.74. The van der Waals surface area contributed by atoms with Gasteiger partial charge in [0.2, 0.25) is 5.91 Å². The van der Waals surface area contributed by atoms with Crippen LogP contribution in [0.2, 0.25) is 0 Å². The third-order valence-electron chi connectivity index (χ3n) is 2.28. The van der Waals surface area contributed by atoms with Gasteiger partial charge in [-0.2, -0.15) is 0 Å². The van der Waals surface area contributed by atoms with Gasteiger partial charge in [0.05, 0.1) is 0 Å². The second-order valence-corrected chi connectivity index (χ2v) is 3.77. The van der Waals surface area contributed by atoms with Crippen LogP contribution in [0.25, 0.3) is 6.08 Å². The molecule has 86 valence electrons. The normalized spacial score (nSPS) is 10.6. The van der Waals surface area contributed by atoms with E-state index in [0.717, 1.165) is 12.0 Å². The van der Waals surface area contributed by atoms with E-state index in [1.54, 1.807) is 0 Å². The first kappa shape index (κ1) is 12.5. The Bertz CT molecular complexity index is 369. The molecule has 0 aromatic heterocycles. The summed E-state index contributed by atoms with van der Waals surface area (Å²) >= 11 is 0. The molecule has 0 aliphatic heterocycles. The zero-order valence-corrected chi connectivity index (χ0v) is 9.99. The Morgan fingerprint density at radius 3 is 2.94 bits per heavy atom. The molecule has 1 amide bonds. The Morgan fingerprint density at radius 1 is 1.44 bits per heavy atom. The van der Waals surface area contributed by atoms with Crippen molar-refractivity contribution in [2.45, 2.75) is 33.2 Å². The van der Waals surface area contributed by atoms with Crippen molar-refractivity contribution in [3.05, 3.63) is 41.5 Å². The fraction of sp³-hybridized carbons (Fsp3) is 0.357. The second-order valence-electron chi connectivity index (χ2n) is 3.77. The minimum Gasteiger partial charge on any atom is -0.352 e. The highest BCUT2D eigenvalue weighted by atomic mass is 16.1. The molecule has 0 radical (unpaired) electrons. The SMILES string of the molecule is C/C=C/c1cccc(CNC(=O)CCC)c1. The highest BCUT2D eigenvalue weighted by molar-refractivity contribution is 5.75. The summed E-state index contributed by atoms with van der Waals surface area (Å²) < 4.78 is 0. The van der Waals surface area contributed by atoms with Crippen LogP contribution in [0, 0.1) is 0 Å². The molecular weight excluding hydrogens is 198 g/mol. The number of benzene rings is 1. The molecule has 0 atom stereocenters. The van der Waals surface area contributed by atoms with Crippen LogP contribution in [-0.4, -0.2) is 5.91 Å². The van der Waals surface area contributed by atoms with Crippen LogP contribution in [0.4, 0.5) is 0 Å². The number of carbonyl (C=O) groups is 1. The van der Waals surface area contributed by atoms with Gasteiger partial charge < -0.3 is 5.32 Å². The molecule has 0 saturated heterocycles. The summed E-state index contributed by atoms with van der Waals surface area (Å²) in [6, 6.07) is 8.18. The highest BCUT2D eigenvalue weighted by Crippen LogP contribution is 2.07. The molecule has 0 aliphatic rings. The van der Waals surface area contributed by atoms with E-state index in [9.17, 15) is 4.79 Å². The summed E-state index contributed by atoms with van der Waals surface area (Å²) in [6.07, 6.45) is 5.56. The third-order valence-corrected chi connectivity index (χ3v) is 2.28. The van der Waals surface area contributed by atoms with Crippen LogP contribution >= 0.6 is 0 Å². The molecular formula is C14H19NO. The van der Waals surface area contributed by atoms with E-state index in [0.29, 0.717) is 13.0 Å². The van der Waals surface area contributed by atoms with Crippen LogP contribution in [0.1, 0.15) is 37.8 Å². The summed E-state index contributed by atoms with van der Waals surface area (Å²) in [5.41, 5.74) is 2.31. The van der Waals surface area contributed by atoms with E-state index in [1.807, 2.05) is 32.1 Å². The van der Waals surface area contributed by atoms with Gasteiger partial charge in [0.15, 0.2) is 0 Å². The molecule has 1 aromatic carbocycles. The molecule has 2 heteroatoms. The monoisotopic (exact) mass is 217 g/mol. The quantitative estimate of drug-likeness (QED) is 0.806. The zero-order valence-electron chi connectivity index (χ0n) is 9.99. The van der Waals surface area contributed by atoms with Gasteiger partial charge in [0, 0.05) is 13.0 Å². The molecule has 0 spiro atoms. The second kappa shape index (κ2) is 6.83. The lowest BCUT2D eigenvalue weighted by Gasteiger charge is -2.05. The molecule has 1 N–H and O–H groups in total. The van der Waals surface area contributed by atoms with Gasteiger partial charge >= 0.3 is 0 Å². The maximum absolute atomic E-state index is 11.3. The van der Waals surface area contributed by atoms with Crippen molar-refractivity contribution in [1.82, 2.24) is 5.32 Å². The van der Waals surface area contributed by atoms with Crippen LogP contribution < -0.4 is 5.32 Å². The topological polar surface area (TPSA) is 29.1 Å². The third kappa shape index (κ3) is 4.30. The first-order valence-corrected chi connectivity index (χ1v) is 5.74. The first-order chi connectivity index (χ1) is 7.76. The van der Waals surface area contributed by atoms with Gasteiger partial charge in [-0.3, -0.25) is 4.79 Å². The van der Waals surface area contributed by atoms with Crippen molar-refractivity contribution in [1.29, 1.82) is 0 Å². The molecule has 0 saturated carbocycles. The van der Waals surface area contributed by atoms with E-state index >= 15 is 0 Å². The minimum atomic E-state index is 0.124. The summed E-state index contributed by atoms with van der Waals surface area (Å²) in [5, 5.41) is 2.91. The Balaban J connectivity index is 2.53. The maximum Gasteiger partial charge on any atom is 0.220 e. The number of rotatable bonds is 5. The standard InChI is InChI=1S/C14H19NO/c1-3-6-12-8-5-9-13(10-12)11-15-14(16)7-4-2/h3,5-6,8-10H,4,7,11H2,1-2H3,(H,15,16)/b6-3+. The van der Waals surface area contributed by atoms with E-state index in [-0.39, 0.29) is 5.91 Å². The maximum atomic E-state index is 11.3. The minimum absolute atomic E-state index is 0.124. The largest absolute Gasteiger partial charge is 0.352 e. The van der Waals surface area contributed by atoms with Crippen molar-refractivity contribution in [2.24, 2.45) is 0 Å². The number of hydrogen-bond acceptors (Lipinski definition) is 1. The Kier molecular flexibility index (Phi) is 5.34. The molecule has 16 heavy (non-hydrogen) atoms. The smallest absolute Gasteiger partial charge is 0.220 e. The molecule has 0 heterocycles. The predicted octanol–water partition coefficient (Wildman–Crippen LogP) is 3.14. The number of nitrogens with one attached hydrogen (secondary N) is 1. The van der Waals surface area contributed by atoms with Crippen LogP contribution in [-0.2, 0) is 11.3 Å². The lowest BCUT2D eigenvalue weighted by atomic mass is 10.1. The van der Waals surface area contributed by atoms with Gasteiger partial charge in [0.25, 0.3) is 0 Å². The average molecular weight is 217 g/mol. The van der Waals surface area contributed by atoms with Gasteiger partial charge in [-0.05, 0) is 30.5 Å². The fourth-order valence-corrected chi connectivity index (χ4v) is 1.52. The molecule has 2 nitrogen and oxygen atoms in total. The van der Waals surface area contributed by atoms with Crippen LogP contribution in [0.3, 0.4) is 0 Å². The van der Waals surface area contributed by atoms with Crippen LogP contribution in [0.5, 0.6) is 0 Å². The highest BCUT2D eigenvalue weighted by Gasteiger charge is 1.99. The number of amides is 1. The van der Waals surface area contributed by atoms with E-state index in [2.05, 4.69) is 23.5 Å². The molecule has 0 bridgehead atoms. The van der Waals surface area contributed by atoms with Crippen molar-refractivity contribution in [3.8, 4) is 0 Å². The summed E-state index contributed by atoms with van der Waals surface area (Å²) in [5.74, 6) is 0.124. The lowest BCUT2D eigenvalue weighted by Crippen LogP contribution is -2.22. The molecule has 0 fully saturated rings. The molecule has 0 unspecified atom stereocenters. The van der Waals surface area contributed by atoms with Crippen molar-refractivity contribution < 1.29 is 4.79 Å². The van der Waals surface area contributed by atoms with Crippen LogP contribution in [0.15, 0.2) is 30.3 Å². The number of hydrogen-bond donors (Lipinski definition) is 1. The van der Waals surface area contributed by atoms with E-state index in [1.165, 1.54) is 5.56 Å². The average Bonchev–Trinajstić information content (AvgIpc) is 2.28. The van der Waals surface area contributed by atoms with Crippen molar-refractivity contribution >= 4 is 12.0 Å². The number of allylic oxidation sites excluding steroid dienone is 1. The molecule has 1 aromatic rings. The van der Waals surface area contributed by atoms with Gasteiger partial charge in [-0.15, -0.1) is 0 Å². The molecule has 1 rings (SSSR count). The summed E-state index contributed by atoms with van der Waals surface area (Å²) in [4.78, 5) is 11.3. The summed E-state index contributed by atoms with van der Waals surface area (Å²) in [6.45, 7) is 4.62. The summed E-state index contributed by atoms with van der Waals surface area (Å²) in [7, 11) is 0. The lowest BCUT2D eigenvalue weighted by molar-refractivity contribution is -0.121. The van der Waals surface area contributed by atoms with Crippen molar-refractivity contribution in [2.75, 3.05) is 0 Å². The van der Waals surface area contributed by atoms with Gasteiger partial charge in [-0.1, -0.05) is 37.3 Å². The Morgan fingerprint density at radius 2 is 2.25 bits per heavy atom. The predicted molar refractivity (Wildman–Crippen MR) is 67.9 cm³/mol. The number of carbonyl (C=O) groups excluding carboxylic acids is 1. The molecule has 0 aliphatic carbocycles. The Labute approximate surface area is 97.4 Å². The van der Waals surface area contributed by atoms with Crippen molar-refractivity contribution in [3.63, 3.8) is 0 Å².